The van der Waals surface area contributed by atoms with Gasteiger partial charge in [0.1, 0.15) is 5.75 Å². The number of methoxy groups -OCH3 is 1. The topological polar surface area (TPSA) is 89.4 Å². The first-order chi connectivity index (χ1) is 13.0. The number of amidine groups is 1. The number of hydrogen-bond acceptors (Lipinski definition) is 7. The Morgan fingerprint density at radius 2 is 2.19 bits per heavy atom. The number of thioether (sulfide) groups is 1. The van der Waals surface area contributed by atoms with Gasteiger partial charge in [-0.25, -0.2) is 4.79 Å². The molecule has 1 aliphatic rings. The number of rotatable bonds is 8. The van der Waals surface area contributed by atoms with Gasteiger partial charge in [-0.05, 0) is 41.9 Å². The van der Waals surface area contributed by atoms with Crippen LogP contribution in [0.3, 0.4) is 0 Å². The third kappa shape index (κ3) is 6.73. The molecule has 0 aliphatic carbocycles. The largest absolute Gasteiger partial charge is 0.492 e. The smallest absolute Gasteiger partial charge is 0.331 e. The fourth-order valence-electron chi connectivity index (χ4n) is 2.04. The lowest BCUT2D eigenvalue weighted by Crippen LogP contribution is -2.19. The minimum Gasteiger partial charge on any atom is -0.492 e. The lowest BCUT2D eigenvalue weighted by Gasteiger charge is -2.07. The van der Waals surface area contributed by atoms with Gasteiger partial charge in [-0.2, -0.15) is 5.10 Å². The van der Waals surface area contributed by atoms with Gasteiger partial charge >= 0.3 is 5.97 Å². The molecule has 9 heteroatoms. The van der Waals surface area contributed by atoms with E-state index in [1.165, 1.54) is 13.3 Å². The quantitative estimate of drug-likeness (QED) is 0.233. The lowest BCUT2D eigenvalue weighted by molar-refractivity contribution is -0.135. The Kier molecular flexibility index (Phi) is 8.35. The molecular weight excluding hydrogens is 390 g/mol. The number of benzene rings is 1. The van der Waals surface area contributed by atoms with E-state index in [1.54, 1.807) is 12.1 Å². The maximum absolute atomic E-state index is 11.7. The normalized spacial score (nSPS) is 16.9. The van der Waals surface area contributed by atoms with Gasteiger partial charge in [0.05, 0.1) is 29.9 Å². The number of hydrogen-bond donors (Lipinski definition) is 1. The number of carbonyl (C=O) groups excluding carboxylic acids is 2. The lowest BCUT2D eigenvalue weighted by atomic mass is 10.2. The van der Waals surface area contributed by atoms with Crippen LogP contribution in [0.25, 0.3) is 0 Å². The Morgan fingerprint density at radius 3 is 2.89 bits per heavy atom. The molecular formula is C18H20ClN3O4S. The molecule has 2 rings (SSSR count). The van der Waals surface area contributed by atoms with Gasteiger partial charge in [-0.3, -0.25) is 10.1 Å². The fourth-order valence-corrected chi connectivity index (χ4v) is 3.02. The summed E-state index contributed by atoms with van der Waals surface area (Å²) in [5.74, 6) is -0.400. The highest BCUT2D eigenvalue weighted by molar-refractivity contribution is 8.18. The van der Waals surface area contributed by atoms with Crippen molar-refractivity contribution in [2.24, 2.45) is 10.2 Å². The molecule has 27 heavy (non-hydrogen) atoms. The van der Waals surface area contributed by atoms with Crippen LogP contribution < -0.4 is 10.1 Å². The Hall–Kier alpha value is -2.32. The minimum atomic E-state index is -0.607. The molecule has 1 aromatic carbocycles. The molecule has 0 atom stereocenters. The summed E-state index contributed by atoms with van der Waals surface area (Å²) in [7, 11) is 1.24. The molecule has 0 saturated carbocycles. The van der Waals surface area contributed by atoms with Crippen molar-refractivity contribution < 1.29 is 19.1 Å². The summed E-state index contributed by atoms with van der Waals surface area (Å²) in [6, 6.07) is 5.32. The van der Waals surface area contributed by atoms with Crippen molar-refractivity contribution in [2.75, 3.05) is 13.7 Å². The van der Waals surface area contributed by atoms with Gasteiger partial charge in [0.25, 0.3) is 5.91 Å². The maximum Gasteiger partial charge on any atom is 0.331 e. The van der Waals surface area contributed by atoms with E-state index in [-0.39, 0.29) is 10.1 Å². The summed E-state index contributed by atoms with van der Waals surface area (Å²) in [6.45, 7) is 2.77. The predicted octanol–water partition coefficient (Wildman–Crippen LogP) is 3.52. The fraction of sp³-hybridized carbons (Fsp3) is 0.333. The number of ether oxygens (including phenoxy) is 2. The zero-order valence-electron chi connectivity index (χ0n) is 15.0. The second-order valence-electron chi connectivity index (χ2n) is 5.48. The van der Waals surface area contributed by atoms with Gasteiger partial charge in [-0.15, -0.1) is 5.10 Å². The van der Waals surface area contributed by atoms with Gasteiger partial charge in [0, 0.05) is 6.08 Å². The highest BCUT2D eigenvalue weighted by Crippen LogP contribution is 2.26. The standard InChI is InChI=1S/C18H20ClN3O4S/c1-3-4-5-8-26-14-7-6-12(9-13(14)19)11-20-22-18-21-17(24)15(27-18)10-16(23)25-2/h6-7,9-11H,3-5,8H2,1-2H3,(H,21,22,24)/b15-10+,20-11?. The summed E-state index contributed by atoms with van der Waals surface area (Å²) in [4.78, 5) is 23.1. The summed E-state index contributed by atoms with van der Waals surface area (Å²) < 4.78 is 10.1. The predicted molar refractivity (Wildman–Crippen MR) is 107 cm³/mol. The zero-order chi connectivity index (χ0) is 19.6. The van der Waals surface area contributed by atoms with Gasteiger partial charge in [0.15, 0.2) is 5.17 Å². The van der Waals surface area contributed by atoms with Gasteiger partial charge in [0.2, 0.25) is 0 Å². The third-order valence-corrected chi connectivity index (χ3v) is 4.61. The number of nitrogens with zero attached hydrogens (tertiary/aromatic N) is 2. The van der Waals surface area contributed by atoms with Crippen molar-refractivity contribution >= 4 is 46.6 Å². The average Bonchev–Trinajstić information content (AvgIpc) is 2.99. The molecule has 1 aromatic rings. The second-order valence-corrected chi connectivity index (χ2v) is 6.92. The van der Waals surface area contributed by atoms with Gasteiger partial charge < -0.3 is 9.47 Å². The van der Waals surface area contributed by atoms with Crippen molar-refractivity contribution in [1.82, 2.24) is 5.32 Å². The number of unbranched alkanes of at least 4 members (excludes halogenated alkanes) is 2. The summed E-state index contributed by atoms with van der Waals surface area (Å²) in [5.41, 5.74) is 0.741. The molecule has 1 amide bonds. The number of halogens is 1. The molecule has 1 fully saturated rings. The van der Waals surface area contributed by atoms with E-state index in [0.717, 1.165) is 42.7 Å². The van der Waals surface area contributed by atoms with E-state index in [9.17, 15) is 9.59 Å². The van der Waals surface area contributed by atoms with Crippen molar-refractivity contribution in [2.45, 2.75) is 26.2 Å². The van der Waals surface area contributed by atoms with Crippen LogP contribution in [0.1, 0.15) is 31.7 Å². The molecule has 7 nitrogen and oxygen atoms in total. The number of nitrogens with one attached hydrogen (secondary N) is 1. The SMILES string of the molecule is CCCCCOc1ccc(C=N/N=C2/NC(=O)/C(=C\C(=O)OC)S2)cc1Cl. The summed E-state index contributed by atoms with van der Waals surface area (Å²) >= 11 is 7.22. The molecule has 0 unspecified atom stereocenters. The third-order valence-electron chi connectivity index (χ3n) is 3.42. The molecule has 0 bridgehead atoms. The highest BCUT2D eigenvalue weighted by atomic mass is 35.5. The van der Waals surface area contributed by atoms with Crippen molar-refractivity contribution in [3.8, 4) is 5.75 Å². The van der Waals surface area contributed by atoms with E-state index in [2.05, 4.69) is 27.2 Å². The van der Waals surface area contributed by atoms with E-state index >= 15 is 0 Å². The first kappa shape index (κ1) is 21.0. The molecule has 1 heterocycles. The second kappa shape index (κ2) is 10.7. The van der Waals surface area contributed by atoms with E-state index in [0.29, 0.717) is 17.4 Å². The van der Waals surface area contributed by atoms with E-state index in [1.807, 2.05) is 6.07 Å². The Morgan fingerprint density at radius 1 is 1.37 bits per heavy atom. The van der Waals surface area contributed by atoms with E-state index in [4.69, 9.17) is 16.3 Å². The van der Waals surface area contributed by atoms with Crippen LogP contribution in [0, 0.1) is 0 Å². The molecule has 0 aromatic heterocycles. The zero-order valence-corrected chi connectivity index (χ0v) is 16.6. The van der Waals surface area contributed by atoms with Crippen LogP contribution >= 0.6 is 23.4 Å². The Labute approximate surface area is 166 Å². The Balaban J connectivity index is 1.95. The summed E-state index contributed by atoms with van der Waals surface area (Å²) in [5, 5.41) is 11.1. The molecule has 0 spiro atoms. The molecule has 0 radical (unpaired) electrons. The molecule has 1 saturated heterocycles. The van der Waals surface area contributed by atoms with Crippen molar-refractivity contribution in [3.63, 3.8) is 0 Å². The number of esters is 1. The number of amides is 1. The van der Waals surface area contributed by atoms with Crippen molar-refractivity contribution in [1.29, 1.82) is 0 Å². The van der Waals surface area contributed by atoms with Crippen LogP contribution in [0.5, 0.6) is 5.75 Å². The van der Waals surface area contributed by atoms with Crippen LogP contribution in [0.15, 0.2) is 39.4 Å². The average molecular weight is 410 g/mol. The van der Waals surface area contributed by atoms with Crippen LogP contribution in [-0.2, 0) is 14.3 Å². The van der Waals surface area contributed by atoms with Crippen LogP contribution in [0.2, 0.25) is 5.02 Å². The monoisotopic (exact) mass is 409 g/mol. The first-order valence-corrected chi connectivity index (χ1v) is 9.55. The molecule has 144 valence electrons. The summed E-state index contributed by atoms with van der Waals surface area (Å²) in [6.07, 6.45) is 5.85. The molecule has 1 N–H and O–H groups in total. The minimum absolute atomic E-state index is 0.198. The highest BCUT2D eigenvalue weighted by Gasteiger charge is 2.24. The molecule has 1 aliphatic heterocycles. The maximum atomic E-state index is 11.7. The van der Waals surface area contributed by atoms with Crippen LogP contribution in [0.4, 0.5) is 0 Å². The first-order valence-electron chi connectivity index (χ1n) is 8.35. The van der Waals surface area contributed by atoms with Gasteiger partial charge in [-0.1, -0.05) is 31.4 Å². The Bertz CT molecular complexity index is 793. The van der Waals surface area contributed by atoms with E-state index < -0.39 is 11.9 Å². The number of carbonyl (C=O) groups is 2. The van der Waals surface area contributed by atoms with Crippen LogP contribution in [-0.4, -0.2) is 37.0 Å². The van der Waals surface area contributed by atoms with Crippen molar-refractivity contribution in [3.05, 3.63) is 39.8 Å².